The lowest BCUT2D eigenvalue weighted by atomic mass is 10.0. The maximum atomic E-state index is 12.3. The highest BCUT2D eigenvalue weighted by Crippen LogP contribution is 2.12. The van der Waals surface area contributed by atoms with E-state index in [0.717, 1.165) is 16.7 Å². The Hall–Kier alpha value is -3.15. The number of methoxy groups -OCH3 is 1. The van der Waals surface area contributed by atoms with Crippen LogP contribution >= 0.6 is 0 Å². The molecule has 29 heavy (non-hydrogen) atoms. The highest BCUT2D eigenvalue weighted by atomic mass is 16.5. The number of aryl methyl sites for hydroxylation is 1. The normalized spacial score (nSPS) is 12.5. The minimum atomic E-state index is -0.792. The van der Waals surface area contributed by atoms with Crippen LogP contribution in [0.3, 0.4) is 0 Å². The third-order valence-corrected chi connectivity index (χ3v) is 4.76. The second-order valence-corrected chi connectivity index (χ2v) is 6.97. The molecule has 0 radical (unpaired) electrons. The third kappa shape index (κ3) is 7.07. The summed E-state index contributed by atoms with van der Waals surface area (Å²) < 4.78 is 4.82. The van der Waals surface area contributed by atoms with E-state index in [4.69, 9.17) is 4.74 Å². The molecule has 2 rings (SSSR count). The second-order valence-electron chi connectivity index (χ2n) is 6.97. The van der Waals surface area contributed by atoms with Crippen LogP contribution in [0.1, 0.15) is 42.5 Å². The first-order valence-electron chi connectivity index (χ1n) is 9.66. The van der Waals surface area contributed by atoms with E-state index in [1.807, 2.05) is 68.4 Å². The van der Waals surface area contributed by atoms with Crippen LogP contribution < -0.4 is 10.6 Å². The van der Waals surface area contributed by atoms with Gasteiger partial charge in [-0.3, -0.25) is 9.59 Å². The second kappa shape index (κ2) is 11.0. The first kappa shape index (κ1) is 22.1. The zero-order valence-corrected chi connectivity index (χ0v) is 17.1. The Bertz CT molecular complexity index is 836. The van der Waals surface area contributed by atoms with E-state index >= 15 is 0 Å². The van der Waals surface area contributed by atoms with Gasteiger partial charge in [-0.15, -0.1) is 0 Å². The monoisotopic (exact) mass is 396 g/mol. The largest absolute Gasteiger partial charge is 0.467 e. The number of esters is 1. The van der Waals surface area contributed by atoms with Gasteiger partial charge in [-0.2, -0.15) is 0 Å². The standard InChI is InChI=1S/C23H28N2O4/c1-16-9-7-8-12-19(16)15-20(23(28)29-3)25-22(27)14-13-21(26)24-17(2)18-10-5-4-6-11-18/h4-12,17,20H,13-15H2,1-3H3,(H,24,26)(H,25,27)/t17-,20-/m1/s1. The number of nitrogens with one attached hydrogen (secondary N) is 2. The molecule has 2 aromatic rings. The van der Waals surface area contributed by atoms with Crippen molar-refractivity contribution in [2.24, 2.45) is 0 Å². The van der Waals surface area contributed by atoms with E-state index in [-0.39, 0.29) is 30.7 Å². The average Bonchev–Trinajstić information content (AvgIpc) is 2.73. The molecule has 0 bridgehead atoms. The van der Waals surface area contributed by atoms with Crippen LogP contribution in [0.4, 0.5) is 0 Å². The molecule has 0 saturated carbocycles. The molecule has 6 nitrogen and oxygen atoms in total. The van der Waals surface area contributed by atoms with Gasteiger partial charge in [0.15, 0.2) is 0 Å². The molecule has 2 amide bonds. The van der Waals surface area contributed by atoms with E-state index in [1.54, 1.807) is 0 Å². The van der Waals surface area contributed by atoms with Crippen molar-refractivity contribution in [1.29, 1.82) is 0 Å². The minimum Gasteiger partial charge on any atom is -0.467 e. The zero-order chi connectivity index (χ0) is 21.2. The highest BCUT2D eigenvalue weighted by molar-refractivity contribution is 5.87. The van der Waals surface area contributed by atoms with Gasteiger partial charge in [0.25, 0.3) is 0 Å². The molecule has 0 aliphatic rings. The molecule has 6 heteroatoms. The summed E-state index contributed by atoms with van der Waals surface area (Å²) in [4.78, 5) is 36.6. The molecule has 0 unspecified atom stereocenters. The number of carbonyl (C=O) groups excluding carboxylic acids is 3. The van der Waals surface area contributed by atoms with Crippen LogP contribution in [0.15, 0.2) is 54.6 Å². The van der Waals surface area contributed by atoms with Crippen molar-refractivity contribution < 1.29 is 19.1 Å². The Morgan fingerprint density at radius 2 is 1.48 bits per heavy atom. The molecule has 0 aliphatic carbocycles. The summed E-state index contributed by atoms with van der Waals surface area (Å²) in [6.45, 7) is 3.84. The lowest BCUT2D eigenvalue weighted by molar-refractivity contribution is -0.145. The Kier molecular flexibility index (Phi) is 8.40. The predicted octanol–water partition coefficient (Wildman–Crippen LogP) is 2.85. The van der Waals surface area contributed by atoms with Gasteiger partial charge in [-0.05, 0) is 30.5 Å². The minimum absolute atomic E-state index is 0.00535. The highest BCUT2D eigenvalue weighted by Gasteiger charge is 2.23. The summed E-state index contributed by atoms with van der Waals surface area (Å²) >= 11 is 0. The molecule has 0 spiro atoms. The Labute approximate surface area is 171 Å². The number of rotatable bonds is 9. The Morgan fingerprint density at radius 1 is 0.897 bits per heavy atom. The van der Waals surface area contributed by atoms with Gasteiger partial charge in [0.2, 0.25) is 11.8 Å². The summed E-state index contributed by atoms with van der Waals surface area (Å²) in [5.74, 6) is -1.09. The lowest BCUT2D eigenvalue weighted by Gasteiger charge is -2.18. The zero-order valence-electron chi connectivity index (χ0n) is 17.1. The van der Waals surface area contributed by atoms with Crippen molar-refractivity contribution in [1.82, 2.24) is 10.6 Å². The van der Waals surface area contributed by atoms with Crippen molar-refractivity contribution >= 4 is 17.8 Å². The molecular weight excluding hydrogens is 368 g/mol. The molecule has 2 N–H and O–H groups in total. The topological polar surface area (TPSA) is 84.5 Å². The SMILES string of the molecule is COC(=O)[C@@H](Cc1ccccc1C)NC(=O)CCC(=O)N[C@H](C)c1ccccc1. The lowest BCUT2D eigenvalue weighted by Crippen LogP contribution is -2.43. The van der Waals surface area contributed by atoms with Gasteiger partial charge in [-0.1, -0.05) is 54.6 Å². The van der Waals surface area contributed by atoms with Crippen molar-refractivity contribution in [3.63, 3.8) is 0 Å². The average molecular weight is 396 g/mol. The molecule has 0 aromatic heterocycles. The maximum Gasteiger partial charge on any atom is 0.328 e. The molecule has 0 heterocycles. The predicted molar refractivity (Wildman–Crippen MR) is 111 cm³/mol. The van der Waals surface area contributed by atoms with E-state index in [1.165, 1.54) is 7.11 Å². The van der Waals surface area contributed by atoms with Crippen LogP contribution in [0.25, 0.3) is 0 Å². The van der Waals surface area contributed by atoms with Crippen molar-refractivity contribution in [3.05, 3.63) is 71.3 Å². The van der Waals surface area contributed by atoms with Gasteiger partial charge in [-0.25, -0.2) is 4.79 Å². The number of amides is 2. The molecule has 154 valence electrons. The van der Waals surface area contributed by atoms with E-state index in [9.17, 15) is 14.4 Å². The van der Waals surface area contributed by atoms with Crippen molar-refractivity contribution in [3.8, 4) is 0 Å². The first-order valence-corrected chi connectivity index (χ1v) is 9.66. The number of hydrogen-bond donors (Lipinski definition) is 2. The summed E-state index contributed by atoms with van der Waals surface area (Å²) in [6, 6.07) is 16.3. The Morgan fingerprint density at radius 3 is 2.10 bits per heavy atom. The van der Waals surface area contributed by atoms with Gasteiger partial charge >= 0.3 is 5.97 Å². The number of benzene rings is 2. The molecule has 2 aromatic carbocycles. The van der Waals surface area contributed by atoms with Gasteiger partial charge in [0.05, 0.1) is 13.2 Å². The van der Waals surface area contributed by atoms with Crippen LogP contribution in [0.5, 0.6) is 0 Å². The van der Waals surface area contributed by atoms with Crippen molar-refractivity contribution in [2.75, 3.05) is 7.11 Å². The van der Waals surface area contributed by atoms with Crippen molar-refractivity contribution in [2.45, 2.75) is 45.2 Å². The molecular formula is C23H28N2O4. The van der Waals surface area contributed by atoms with E-state index in [0.29, 0.717) is 6.42 Å². The molecule has 0 fully saturated rings. The fourth-order valence-electron chi connectivity index (χ4n) is 3.03. The van der Waals surface area contributed by atoms with Gasteiger partial charge < -0.3 is 15.4 Å². The maximum absolute atomic E-state index is 12.3. The molecule has 0 aliphatic heterocycles. The van der Waals surface area contributed by atoms with E-state index < -0.39 is 12.0 Å². The van der Waals surface area contributed by atoms with Crippen LogP contribution in [-0.2, 0) is 25.5 Å². The van der Waals surface area contributed by atoms with Crippen LogP contribution in [0.2, 0.25) is 0 Å². The molecule has 2 atom stereocenters. The summed E-state index contributed by atoms with van der Waals surface area (Å²) in [5, 5.41) is 5.57. The first-order chi connectivity index (χ1) is 13.9. The van der Waals surface area contributed by atoms with Crippen LogP contribution in [-0.4, -0.2) is 30.9 Å². The molecule has 0 saturated heterocycles. The van der Waals surface area contributed by atoms with E-state index in [2.05, 4.69) is 10.6 Å². The number of carbonyl (C=O) groups is 3. The number of ether oxygens (including phenoxy) is 1. The fourth-order valence-corrected chi connectivity index (χ4v) is 3.03. The quantitative estimate of drug-likeness (QED) is 0.639. The summed E-state index contributed by atoms with van der Waals surface area (Å²) in [6.07, 6.45) is 0.373. The van der Waals surface area contributed by atoms with Gasteiger partial charge in [0.1, 0.15) is 6.04 Å². The fraction of sp³-hybridized carbons (Fsp3) is 0.348. The summed E-state index contributed by atoms with van der Waals surface area (Å²) in [7, 11) is 1.29. The van der Waals surface area contributed by atoms with Gasteiger partial charge in [0, 0.05) is 19.3 Å². The number of hydrogen-bond acceptors (Lipinski definition) is 4. The smallest absolute Gasteiger partial charge is 0.328 e. The Balaban J connectivity index is 1.87. The summed E-state index contributed by atoms with van der Waals surface area (Å²) in [5.41, 5.74) is 2.98. The van der Waals surface area contributed by atoms with Crippen LogP contribution in [0, 0.1) is 6.92 Å². The third-order valence-electron chi connectivity index (χ3n) is 4.76.